The molecular formula is C23H23FN6O2S. The minimum absolute atomic E-state index is 0.0585. The number of aromatic nitrogens is 3. The Hall–Kier alpha value is -3.79. The summed E-state index contributed by atoms with van der Waals surface area (Å²) in [7, 11) is 0. The first-order valence-corrected chi connectivity index (χ1v) is 11.1. The smallest absolute Gasteiger partial charge is 0.261 e. The molecule has 170 valence electrons. The van der Waals surface area contributed by atoms with Crippen molar-refractivity contribution in [1.82, 2.24) is 25.2 Å². The second-order valence-electron chi connectivity index (χ2n) is 8.59. The molecule has 4 N–H and O–H groups in total. The Morgan fingerprint density at radius 1 is 1.12 bits per heavy atom. The Labute approximate surface area is 193 Å². The van der Waals surface area contributed by atoms with Gasteiger partial charge in [0, 0.05) is 23.8 Å². The van der Waals surface area contributed by atoms with E-state index in [-0.39, 0.29) is 30.1 Å². The van der Waals surface area contributed by atoms with Gasteiger partial charge in [0.05, 0.1) is 10.4 Å². The van der Waals surface area contributed by atoms with Gasteiger partial charge in [0.2, 0.25) is 5.95 Å². The average Bonchev–Trinajstić information content (AvgIpc) is 3.37. The maximum Gasteiger partial charge on any atom is 0.261 e. The number of carbonyl (C=O) groups excluding carboxylic acids is 2. The number of thiophene rings is 1. The van der Waals surface area contributed by atoms with Crippen molar-refractivity contribution in [1.29, 1.82) is 0 Å². The Bertz CT molecular complexity index is 1340. The van der Waals surface area contributed by atoms with Crippen LogP contribution in [0.2, 0.25) is 0 Å². The first-order valence-electron chi connectivity index (χ1n) is 10.2. The van der Waals surface area contributed by atoms with Crippen LogP contribution in [0.1, 0.15) is 46.4 Å². The van der Waals surface area contributed by atoms with Crippen molar-refractivity contribution < 1.29 is 14.0 Å². The van der Waals surface area contributed by atoms with Gasteiger partial charge in [-0.05, 0) is 61.5 Å². The van der Waals surface area contributed by atoms with Gasteiger partial charge >= 0.3 is 0 Å². The molecule has 0 radical (unpaired) electrons. The van der Waals surface area contributed by atoms with Gasteiger partial charge in [-0.15, -0.1) is 16.4 Å². The van der Waals surface area contributed by atoms with E-state index in [4.69, 9.17) is 5.73 Å². The van der Waals surface area contributed by atoms with E-state index in [9.17, 15) is 14.0 Å². The standard InChI is InChI=1S/C23H23FN6O2S/c1-23(2,3)28-20(31)17-8-14(11-30-19(17)27-22(25)29-30)15-9-18(33-12-15)21(32)26-10-13-4-6-16(24)7-5-13/h4-9,11-12H,10H2,1-3H3,(H2,25,29)(H,26,32)(H,28,31). The maximum atomic E-state index is 13.0. The summed E-state index contributed by atoms with van der Waals surface area (Å²) in [5.41, 5.74) is 8.26. The molecule has 0 aliphatic carbocycles. The maximum absolute atomic E-state index is 13.0. The van der Waals surface area contributed by atoms with Gasteiger partial charge < -0.3 is 16.4 Å². The lowest BCUT2D eigenvalue weighted by Gasteiger charge is -2.20. The second-order valence-corrected chi connectivity index (χ2v) is 9.50. The number of nitrogens with one attached hydrogen (secondary N) is 2. The fraction of sp³-hybridized carbons (Fsp3) is 0.217. The zero-order valence-corrected chi connectivity index (χ0v) is 19.2. The fourth-order valence-corrected chi connectivity index (χ4v) is 4.05. The summed E-state index contributed by atoms with van der Waals surface area (Å²) < 4.78 is 14.5. The van der Waals surface area contributed by atoms with Crippen LogP contribution in [-0.2, 0) is 6.54 Å². The molecule has 0 aliphatic rings. The summed E-state index contributed by atoms with van der Waals surface area (Å²) in [6.45, 7) is 5.95. The number of pyridine rings is 1. The van der Waals surface area contributed by atoms with Gasteiger partial charge in [0.1, 0.15) is 5.82 Å². The zero-order valence-electron chi connectivity index (χ0n) is 18.3. The van der Waals surface area contributed by atoms with E-state index < -0.39 is 5.54 Å². The van der Waals surface area contributed by atoms with Gasteiger partial charge in [-0.2, -0.15) is 4.98 Å². The molecule has 0 bridgehead atoms. The van der Waals surface area contributed by atoms with Gasteiger partial charge in [-0.25, -0.2) is 8.91 Å². The number of fused-ring (bicyclic) bond motifs is 1. The van der Waals surface area contributed by atoms with Crippen molar-refractivity contribution >= 4 is 34.7 Å². The highest BCUT2D eigenvalue weighted by Crippen LogP contribution is 2.28. The molecule has 0 aliphatic heterocycles. The van der Waals surface area contributed by atoms with Crippen LogP contribution in [0, 0.1) is 5.82 Å². The summed E-state index contributed by atoms with van der Waals surface area (Å²) in [6.07, 6.45) is 1.72. The van der Waals surface area contributed by atoms with Crippen molar-refractivity contribution in [2.45, 2.75) is 32.9 Å². The summed E-state index contributed by atoms with van der Waals surface area (Å²) in [5, 5.41) is 11.7. The molecule has 0 unspecified atom stereocenters. The quantitative estimate of drug-likeness (QED) is 0.416. The highest BCUT2D eigenvalue weighted by molar-refractivity contribution is 7.12. The van der Waals surface area contributed by atoms with Crippen LogP contribution in [0.15, 0.2) is 48.0 Å². The monoisotopic (exact) mass is 466 g/mol. The van der Waals surface area contributed by atoms with Crippen molar-refractivity contribution in [3.8, 4) is 11.1 Å². The number of anilines is 1. The molecule has 3 aromatic heterocycles. The fourth-order valence-electron chi connectivity index (χ4n) is 3.21. The largest absolute Gasteiger partial charge is 0.366 e. The number of benzene rings is 1. The van der Waals surface area contributed by atoms with Gasteiger partial charge in [-0.3, -0.25) is 9.59 Å². The van der Waals surface area contributed by atoms with E-state index in [2.05, 4.69) is 20.7 Å². The van der Waals surface area contributed by atoms with Gasteiger partial charge in [0.25, 0.3) is 11.8 Å². The second kappa shape index (κ2) is 8.62. The molecule has 4 aromatic rings. The Morgan fingerprint density at radius 3 is 2.55 bits per heavy atom. The predicted octanol–water partition coefficient (Wildman–Crippen LogP) is 3.64. The lowest BCUT2D eigenvalue weighted by molar-refractivity contribution is 0.0918. The van der Waals surface area contributed by atoms with E-state index in [1.54, 1.807) is 30.5 Å². The predicted molar refractivity (Wildman–Crippen MR) is 126 cm³/mol. The van der Waals surface area contributed by atoms with Crippen LogP contribution in [0.5, 0.6) is 0 Å². The number of carbonyl (C=O) groups is 2. The summed E-state index contributed by atoms with van der Waals surface area (Å²) in [6, 6.07) is 9.41. The van der Waals surface area contributed by atoms with E-state index in [1.807, 2.05) is 26.2 Å². The van der Waals surface area contributed by atoms with Crippen LogP contribution in [-0.4, -0.2) is 32.0 Å². The number of nitrogens with two attached hydrogens (primary N) is 1. The zero-order chi connectivity index (χ0) is 23.8. The molecule has 33 heavy (non-hydrogen) atoms. The number of hydrogen-bond donors (Lipinski definition) is 3. The lowest BCUT2D eigenvalue weighted by Crippen LogP contribution is -2.40. The number of hydrogen-bond acceptors (Lipinski definition) is 6. The molecule has 0 saturated heterocycles. The normalized spacial score (nSPS) is 11.5. The van der Waals surface area contributed by atoms with Crippen molar-refractivity contribution in [2.75, 3.05) is 5.73 Å². The molecule has 3 heterocycles. The first kappa shape index (κ1) is 22.4. The third-order valence-electron chi connectivity index (χ3n) is 4.71. The highest BCUT2D eigenvalue weighted by Gasteiger charge is 2.21. The molecule has 1 aromatic carbocycles. The molecule has 2 amide bonds. The molecular weight excluding hydrogens is 443 g/mol. The van der Waals surface area contributed by atoms with Crippen LogP contribution in [0.4, 0.5) is 10.3 Å². The minimum Gasteiger partial charge on any atom is -0.366 e. The van der Waals surface area contributed by atoms with Crippen molar-refractivity contribution in [3.63, 3.8) is 0 Å². The molecule has 10 heteroatoms. The molecule has 0 atom stereocenters. The van der Waals surface area contributed by atoms with Crippen LogP contribution >= 0.6 is 11.3 Å². The van der Waals surface area contributed by atoms with E-state index in [1.165, 1.54) is 28.0 Å². The number of nitrogens with zero attached hydrogens (tertiary/aromatic N) is 3. The molecule has 0 spiro atoms. The van der Waals surface area contributed by atoms with E-state index >= 15 is 0 Å². The van der Waals surface area contributed by atoms with Gasteiger partial charge in [0.15, 0.2) is 5.65 Å². The average molecular weight is 467 g/mol. The molecule has 4 rings (SSSR count). The Kier molecular flexibility index (Phi) is 5.86. The molecule has 8 nitrogen and oxygen atoms in total. The lowest BCUT2D eigenvalue weighted by atomic mass is 10.1. The van der Waals surface area contributed by atoms with Crippen LogP contribution in [0.25, 0.3) is 16.8 Å². The molecule has 0 fully saturated rings. The SMILES string of the molecule is CC(C)(C)NC(=O)c1cc(-c2csc(C(=O)NCc3ccc(F)cc3)c2)cn2nc(N)nc12. The third kappa shape index (κ3) is 5.17. The number of amides is 2. The van der Waals surface area contributed by atoms with E-state index in [0.717, 1.165) is 11.1 Å². The van der Waals surface area contributed by atoms with Crippen molar-refractivity contribution in [2.24, 2.45) is 0 Å². The number of nitrogen functional groups attached to an aromatic ring is 1. The van der Waals surface area contributed by atoms with E-state index in [0.29, 0.717) is 21.7 Å². The topological polar surface area (TPSA) is 114 Å². The Morgan fingerprint density at radius 2 is 1.85 bits per heavy atom. The number of halogens is 1. The van der Waals surface area contributed by atoms with Crippen molar-refractivity contribution in [3.05, 3.63) is 69.8 Å². The Balaban J connectivity index is 1.59. The van der Waals surface area contributed by atoms with Crippen LogP contribution in [0.3, 0.4) is 0 Å². The van der Waals surface area contributed by atoms with Gasteiger partial charge in [-0.1, -0.05) is 12.1 Å². The number of rotatable bonds is 5. The van der Waals surface area contributed by atoms with Crippen LogP contribution < -0.4 is 16.4 Å². The summed E-state index contributed by atoms with van der Waals surface area (Å²) in [4.78, 5) is 30.2. The minimum atomic E-state index is -0.437. The summed E-state index contributed by atoms with van der Waals surface area (Å²) in [5.74, 6) is -0.806. The molecule has 0 saturated carbocycles. The summed E-state index contributed by atoms with van der Waals surface area (Å²) >= 11 is 1.28. The first-order chi connectivity index (χ1) is 15.6. The third-order valence-corrected chi connectivity index (χ3v) is 5.63. The highest BCUT2D eigenvalue weighted by atomic mass is 32.1.